The van der Waals surface area contributed by atoms with Crippen LogP contribution in [0, 0.1) is 0 Å². The molecule has 44 heavy (non-hydrogen) atoms. The van der Waals surface area contributed by atoms with Gasteiger partial charge in [0.15, 0.2) is 0 Å². The lowest BCUT2D eigenvalue weighted by molar-refractivity contribution is -0.148. The predicted octanol–water partition coefficient (Wildman–Crippen LogP) is 5.00. The fourth-order valence-corrected chi connectivity index (χ4v) is 8.13. The van der Waals surface area contributed by atoms with Gasteiger partial charge in [0.25, 0.3) is 5.91 Å². The molecule has 0 aromatic heterocycles. The Labute approximate surface area is 276 Å². The van der Waals surface area contributed by atoms with Crippen LogP contribution in [0.25, 0.3) is 0 Å². The van der Waals surface area contributed by atoms with Crippen LogP contribution in [0.15, 0.2) is 41.3 Å². The molecule has 0 bridgehead atoms. The van der Waals surface area contributed by atoms with Crippen LogP contribution >= 0.6 is 34.8 Å². The minimum Gasteiger partial charge on any atom is -0.347 e. The van der Waals surface area contributed by atoms with E-state index in [2.05, 4.69) is 10.2 Å². The third-order valence-electron chi connectivity index (χ3n) is 9.00. The lowest BCUT2D eigenvalue weighted by Crippen LogP contribution is -2.66. The first-order valence-corrected chi connectivity index (χ1v) is 17.6. The molecule has 2 heterocycles. The first kappa shape index (κ1) is 34.9. The summed E-state index contributed by atoms with van der Waals surface area (Å²) < 4.78 is 24.0. The molecular formula is C31H42Cl3N5O4S. The maximum Gasteiger partial charge on any atom is 0.253 e. The molecule has 242 valence electrons. The van der Waals surface area contributed by atoms with Crippen LogP contribution in [-0.4, -0.2) is 93.8 Å². The van der Waals surface area contributed by atoms with Gasteiger partial charge in [-0.15, -0.1) is 0 Å². The number of likely N-dealkylation sites (tertiary alicyclic amines) is 1. The molecule has 2 amide bonds. The Bertz CT molecular complexity index is 1470. The summed E-state index contributed by atoms with van der Waals surface area (Å²) in [7, 11) is 1.25. The highest BCUT2D eigenvalue weighted by atomic mass is 35.5. The summed E-state index contributed by atoms with van der Waals surface area (Å²) in [6, 6.07) is 9.82. The molecule has 0 radical (unpaired) electrons. The van der Waals surface area contributed by atoms with E-state index in [4.69, 9.17) is 39.9 Å². The predicted molar refractivity (Wildman–Crippen MR) is 176 cm³/mol. The van der Waals surface area contributed by atoms with E-state index in [0.717, 1.165) is 70.1 Å². The number of piperidine rings is 2. The molecule has 2 fully saturated rings. The van der Waals surface area contributed by atoms with Gasteiger partial charge in [0, 0.05) is 45.2 Å². The van der Waals surface area contributed by atoms with Gasteiger partial charge in [0.1, 0.15) is 10.4 Å². The van der Waals surface area contributed by atoms with Gasteiger partial charge in [-0.3, -0.25) is 14.5 Å². The van der Waals surface area contributed by atoms with Crippen molar-refractivity contribution in [3.8, 4) is 0 Å². The minimum atomic E-state index is -4.11. The van der Waals surface area contributed by atoms with Crippen molar-refractivity contribution in [3.05, 3.63) is 62.6 Å². The number of primary sulfonamides is 1. The van der Waals surface area contributed by atoms with Gasteiger partial charge in [-0.25, -0.2) is 13.6 Å². The third kappa shape index (κ3) is 7.89. The Morgan fingerprint density at radius 3 is 2.34 bits per heavy atom. The number of benzene rings is 2. The Hall–Kier alpha value is -1.92. The number of sulfonamides is 1. The number of nitrogens with one attached hydrogen (secondary N) is 1. The summed E-state index contributed by atoms with van der Waals surface area (Å²) in [5.74, 6) is -0.290. The first-order valence-electron chi connectivity index (χ1n) is 15.0. The molecule has 0 spiro atoms. The van der Waals surface area contributed by atoms with E-state index >= 15 is 0 Å². The van der Waals surface area contributed by atoms with Crippen molar-refractivity contribution >= 4 is 56.6 Å². The zero-order valence-corrected chi connectivity index (χ0v) is 28.6. The molecule has 2 aliphatic rings. The highest BCUT2D eigenvalue weighted by molar-refractivity contribution is 7.89. The normalized spacial score (nSPS) is 19.8. The van der Waals surface area contributed by atoms with E-state index in [1.165, 1.54) is 18.2 Å². The molecule has 2 unspecified atom stereocenters. The molecule has 2 aromatic carbocycles. The summed E-state index contributed by atoms with van der Waals surface area (Å²) in [5, 5.41) is 9.57. The Balaban J connectivity index is 1.59. The van der Waals surface area contributed by atoms with Crippen LogP contribution in [0.4, 0.5) is 0 Å². The molecule has 2 saturated heterocycles. The van der Waals surface area contributed by atoms with Crippen molar-refractivity contribution in [2.24, 2.45) is 5.14 Å². The second-order valence-corrected chi connectivity index (χ2v) is 14.9. The first-order chi connectivity index (χ1) is 20.7. The molecule has 0 saturated carbocycles. The average Bonchev–Trinajstić information content (AvgIpc) is 2.99. The minimum absolute atomic E-state index is 0.0447. The number of hydrogen-bond acceptors (Lipinski definition) is 6. The van der Waals surface area contributed by atoms with Crippen LogP contribution in [0.3, 0.4) is 0 Å². The summed E-state index contributed by atoms with van der Waals surface area (Å²) in [5.41, 5.74) is 0.590. The topological polar surface area (TPSA) is 116 Å². The Morgan fingerprint density at radius 1 is 1.02 bits per heavy atom. The zero-order valence-electron chi connectivity index (χ0n) is 25.5. The third-order valence-corrected chi connectivity index (χ3v) is 11.1. The molecule has 2 atom stereocenters. The van der Waals surface area contributed by atoms with Crippen molar-refractivity contribution in [1.29, 1.82) is 0 Å². The van der Waals surface area contributed by atoms with E-state index in [-0.39, 0.29) is 39.3 Å². The smallest absolute Gasteiger partial charge is 0.253 e. The van der Waals surface area contributed by atoms with Crippen molar-refractivity contribution in [3.63, 3.8) is 0 Å². The van der Waals surface area contributed by atoms with Gasteiger partial charge < -0.3 is 15.1 Å². The molecule has 4 rings (SSSR count). The Morgan fingerprint density at radius 2 is 1.70 bits per heavy atom. The number of rotatable bonds is 10. The standard InChI is InChI=1S/C31H42Cl3N5O4S/c1-37(2)30(41)31(13-15-36-16-14-31)39-17-5-4-6-24(39)10-7-23(21-8-11-25(32)27(34)18-21)20-38(3)29(40)22-9-12-26(33)28(19-22)44(35,42)43/h8-9,11-12,18-19,23-24,36H,4-7,10,13-17,20H2,1-3H3,(H2,35,42,43). The number of hydrogen-bond donors (Lipinski definition) is 2. The SMILES string of the molecule is CN(C)C(=O)C1(N2CCCCC2CCC(CN(C)C(=O)c2ccc(Cl)c(S(N)(=O)=O)c2)c2ccc(Cl)c(Cl)c2)CCNCC1. The maximum atomic E-state index is 13.7. The van der Waals surface area contributed by atoms with Crippen molar-refractivity contribution in [2.45, 2.75) is 67.3 Å². The van der Waals surface area contributed by atoms with Crippen LogP contribution < -0.4 is 10.5 Å². The molecular weight excluding hydrogens is 645 g/mol. The van der Waals surface area contributed by atoms with E-state index in [1.807, 2.05) is 26.2 Å². The summed E-state index contributed by atoms with van der Waals surface area (Å²) in [6.45, 7) is 2.84. The number of amides is 2. The summed E-state index contributed by atoms with van der Waals surface area (Å²) >= 11 is 18.7. The highest BCUT2D eigenvalue weighted by Crippen LogP contribution is 2.38. The van der Waals surface area contributed by atoms with E-state index < -0.39 is 15.6 Å². The number of nitrogens with two attached hydrogens (primary N) is 1. The van der Waals surface area contributed by atoms with Crippen molar-refractivity contribution < 1.29 is 18.0 Å². The zero-order chi connectivity index (χ0) is 32.2. The van der Waals surface area contributed by atoms with Gasteiger partial charge in [-0.05, 0) is 94.1 Å². The molecule has 13 heteroatoms. The molecule has 9 nitrogen and oxygen atoms in total. The van der Waals surface area contributed by atoms with Gasteiger partial charge in [0.2, 0.25) is 15.9 Å². The maximum absolute atomic E-state index is 13.7. The van der Waals surface area contributed by atoms with Gasteiger partial charge in [-0.2, -0.15) is 0 Å². The average molecular weight is 687 g/mol. The number of carbonyl (C=O) groups excluding carboxylic acids is 2. The summed E-state index contributed by atoms with van der Waals surface area (Å²) in [4.78, 5) is 32.7. The number of carbonyl (C=O) groups is 2. The molecule has 2 aromatic rings. The van der Waals surface area contributed by atoms with Crippen molar-refractivity contribution in [2.75, 3.05) is 47.3 Å². The quantitative estimate of drug-likeness (QED) is 0.364. The summed E-state index contributed by atoms with van der Waals surface area (Å²) in [6.07, 6.45) is 6.28. The highest BCUT2D eigenvalue weighted by Gasteiger charge is 2.48. The molecule has 3 N–H and O–H groups in total. The second kappa shape index (κ2) is 14.7. The largest absolute Gasteiger partial charge is 0.347 e. The monoisotopic (exact) mass is 685 g/mol. The van der Waals surface area contributed by atoms with Gasteiger partial charge in [-0.1, -0.05) is 47.3 Å². The van der Waals surface area contributed by atoms with Crippen LogP contribution in [-0.2, 0) is 14.8 Å². The molecule has 0 aliphatic carbocycles. The fraction of sp³-hybridized carbons (Fsp3) is 0.548. The number of halogens is 3. The second-order valence-electron chi connectivity index (χ2n) is 12.1. The van der Waals surface area contributed by atoms with Gasteiger partial charge in [0.05, 0.1) is 15.1 Å². The fourth-order valence-electron chi connectivity index (χ4n) is 6.76. The van der Waals surface area contributed by atoms with Crippen molar-refractivity contribution in [1.82, 2.24) is 20.0 Å². The number of nitrogens with zero attached hydrogens (tertiary/aromatic N) is 3. The van der Waals surface area contributed by atoms with Crippen LogP contribution in [0.2, 0.25) is 15.1 Å². The van der Waals surface area contributed by atoms with Crippen LogP contribution in [0.5, 0.6) is 0 Å². The molecule has 2 aliphatic heterocycles. The van der Waals surface area contributed by atoms with E-state index in [9.17, 15) is 18.0 Å². The lowest BCUT2D eigenvalue weighted by atomic mass is 9.80. The van der Waals surface area contributed by atoms with E-state index in [0.29, 0.717) is 16.6 Å². The Kier molecular flexibility index (Phi) is 11.6. The lowest BCUT2D eigenvalue weighted by Gasteiger charge is -2.51. The number of likely N-dealkylation sites (N-methyl/N-ethyl adjacent to an activating group) is 2. The van der Waals surface area contributed by atoms with E-state index in [1.54, 1.807) is 22.9 Å². The van der Waals surface area contributed by atoms with Gasteiger partial charge >= 0.3 is 0 Å². The van der Waals surface area contributed by atoms with Crippen LogP contribution in [0.1, 0.15) is 66.8 Å².